The summed E-state index contributed by atoms with van der Waals surface area (Å²) in [6, 6.07) is 3.79. The molecule has 16 heavy (non-hydrogen) atoms. The molecule has 2 N–H and O–H groups in total. The number of aryl methyl sites for hydroxylation is 1. The fourth-order valence-electron chi connectivity index (χ4n) is 1.18. The van der Waals surface area contributed by atoms with Crippen LogP contribution in [0.15, 0.2) is 18.3 Å². The summed E-state index contributed by atoms with van der Waals surface area (Å²) in [5, 5.41) is 0. The molecule has 0 unspecified atom stereocenters. The lowest BCUT2D eigenvalue weighted by molar-refractivity contribution is -0.118. The molecule has 0 radical (unpaired) electrons. The van der Waals surface area contributed by atoms with Crippen LogP contribution in [0.1, 0.15) is 17.7 Å². The number of carbonyl (C=O) groups is 1. The Balaban J connectivity index is 2.38. The molecule has 0 bridgehead atoms. The maximum Gasteiger partial charge on any atom is 0.217 e. The fraction of sp³-hybridized carbons (Fsp3) is 0.455. The van der Waals surface area contributed by atoms with Gasteiger partial charge in [-0.2, -0.15) is 0 Å². The predicted molar refractivity (Wildman–Crippen MR) is 58.4 cm³/mol. The Bertz CT molecular complexity index is 325. The van der Waals surface area contributed by atoms with Gasteiger partial charge in [-0.15, -0.1) is 0 Å². The molecule has 0 spiro atoms. The molecule has 0 saturated heterocycles. The van der Waals surface area contributed by atoms with Gasteiger partial charge in [0, 0.05) is 25.4 Å². The van der Waals surface area contributed by atoms with E-state index in [2.05, 4.69) is 4.98 Å². The third kappa shape index (κ3) is 4.86. The Kier molecular flexibility index (Phi) is 5.45. The summed E-state index contributed by atoms with van der Waals surface area (Å²) in [7, 11) is 1.57. The van der Waals surface area contributed by atoms with Crippen molar-refractivity contribution >= 4 is 5.91 Å². The molecule has 1 heterocycles. The molecule has 1 amide bonds. The van der Waals surface area contributed by atoms with Crippen LogP contribution in [0.5, 0.6) is 0 Å². The SMILES string of the molecule is COCOCc1ccc(CCC(N)=O)nc1. The minimum absolute atomic E-state index is 0.267. The van der Waals surface area contributed by atoms with Crippen LogP contribution < -0.4 is 5.73 Å². The van der Waals surface area contributed by atoms with Gasteiger partial charge < -0.3 is 15.2 Å². The van der Waals surface area contributed by atoms with E-state index in [9.17, 15) is 4.79 Å². The molecule has 1 aromatic heterocycles. The van der Waals surface area contributed by atoms with Crippen LogP contribution in [-0.2, 0) is 27.3 Å². The minimum atomic E-state index is -0.311. The standard InChI is InChI=1S/C11H16N2O3/c1-15-8-16-7-9-2-3-10(13-6-9)4-5-11(12)14/h2-3,6H,4-5,7-8H2,1H3,(H2,12,14). The first-order valence-electron chi connectivity index (χ1n) is 5.01. The van der Waals surface area contributed by atoms with Crippen molar-refractivity contribution in [3.05, 3.63) is 29.6 Å². The third-order valence-corrected chi connectivity index (χ3v) is 1.98. The number of carbonyl (C=O) groups excluding carboxylic acids is 1. The number of hydrogen-bond donors (Lipinski definition) is 1. The number of pyridine rings is 1. The summed E-state index contributed by atoms with van der Waals surface area (Å²) in [6.45, 7) is 0.736. The summed E-state index contributed by atoms with van der Waals surface area (Å²) in [6.07, 6.45) is 2.63. The highest BCUT2D eigenvalue weighted by Gasteiger charge is 1.99. The zero-order valence-corrected chi connectivity index (χ0v) is 9.31. The summed E-state index contributed by atoms with van der Waals surface area (Å²) in [5.41, 5.74) is 6.88. The molecule has 5 heteroatoms. The smallest absolute Gasteiger partial charge is 0.217 e. The second-order valence-electron chi connectivity index (χ2n) is 3.38. The van der Waals surface area contributed by atoms with Crippen LogP contribution >= 0.6 is 0 Å². The molecule has 0 aliphatic heterocycles. The summed E-state index contributed by atoms with van der Waals surface area (Å²) in [4.78, 5) is 14.8. The first-order chi connectivity index (χ1) is 7.72. The number of primary amides is 1. The van der Waals surface area contributed by atoms with Gasteiger partial charge in [0.15, 0.2) is 0 Å². The van der Waals surface area contributed by atoms with Crippen LogP contribution in [0.4, 0.5) is 0 Å². The van der Waals surface area contributed by atoms with Crippen molar-refractivity contribution in [3.8, 4) is 0 Å². The average molecular weight is 224 g/mol. The van der Waals surface area contributed by atoms with E-state index in [-0.39, 0.29) is 12.7 Å². The zero-order chi connectivity index (χ0) is 11.8. The van der Waals surface area contributed by atoms with Crippen LogP contribution in [0.25, 0.3) is 0 Å². The van der Waals surface area contributed by atoms with E-state index in [1.807, 2.05) is 12.1 Å². The number of methoxy groups -OCH3 is 1. The van der Waals surface area contributed by atoms with Gasteiger partial charge in [-0.1, -0.05) is 6.07 Å². The van der Waals surface area contributed by atoms with E-state index < -0.39 is 0 Å². The number of amides is 1. The van der Waals surface area contributed by atoms with Crippen molar-refractivity contribution < 1.29 is 14.3 Å². The maximum atomic E-state index is 10.6. The molecule has 0 atom stereocenters. The summed E-state index contributed by atoms with van der Waals surface area (Å²) >= 11 is 0. The molecule has 1 rings (SSSR count). The fourth-order valence-corrected chi connectivity index (χ4v) is 1.18. The van der Waals surface area contributed by atoms with Crippen LogP contribution in [0, 0.1) is 0 Å². The van der Waals surface area contributed by atoms with Crippen LogP contribution in [-0.4, -0.2) is 24.8 Å². The molecule has 0 fully saturated rings. The number of rotatable bonds is 7. The molecular weight excluding hydrogens is 208 g/mol. The first kappa shape index (κ1) is 12.6. The molecule has 0 saturated carbocycles. The van der Waals surface area contributed by atoms with Crippen molar-refractivity contribution in [2.24, 2.45) is 5.73 Å². The second kappa shape index (κ2) is 6.92. The zero-order valence-electron chi connectivity index (χ0n) is 9.31. The maximum absolute atomic E-state index is 10.6. The number of nitrogens with zero attached hydrogens (tertiary/aromatic N) is 1. The molecule has 0 aromatic carbocycles. The Morgan fingerprint density at radius 3 is 2.88 bits per heavy atom. The Morgan fingerprint density at radius 2 is 2.31 bits per heavy atom. The van der Waals surface area contributed by atoms with Gasteiger partial charge in [0.1, 0.15) is 6.79 Å². The van der Waals surface area contributed by atoms with Crippen molar-refractivity contribution in [1.82, 2.24) is 4.98 Å². The first-order valence-corrected chi connectivity index (χ1v) is 5.01. The highest BCUT2D eigenvalue weighted by molar-refractivity contribution is 5.73. The number of ether oxygens (including phenoxy) is 2. The predicted octanol–water partition coefficient (Wildman–Crippen LogP) is 0.620. The highest BCUT2D eigenvalue weighted by atomic mass is 16.7. The third-order valence-electron chi connectivity index (χ3n) is 1.98. The lowest BCUT2D eigenvalue weighted by Crippen LogP contribution is -2.11. The van der Waals surface area contributed by atoms with Gasteiger partial charge >= 0.3 is 0 Å². The molecular formula is C11H16N2O3. The van der Waals surface area contributed by atoms with E-state index in [1.54, 1.807) is 13.3 Å². The van der Waals surface area contributed by atoms with Gasteiger partial charge in [0.2, 0.25) is 5.91 Å². The Morgan fingerprint density at radius 1 is 1.50 bits per heavy atom. The van der Waals surface area contributed by atoms with Crippen LogP contribution in [0.3, 0.4) is 0 Å². The van der Waals surface area contributed by atoms with Crippen molar-refractivity contribution in [2.45, 2.75) is 19.4 Å². The van der Waals surface area contributed by atoms with E-state index in [0.717, 1.165) is 11.3 Å². The topological polar surface area (TPSA) is 74.4 Å². The van der Waals surface area contributed by atoms with Gasteiger partial charge in [-0.25, -0.2) is 0 Å². The number of nitrogens with two attached hydrogens (primary N) is 1. The Hall–Kier alpha value is -1.46. The van der Waals surface area contributed by atoms with E-state index in [0.29, 0.717) is 19.4 Å². The number of aromatic nitrogens is 1. The summed E-state index contributed by atoms with van der Waals surface area (Å²) in [5.74, 6) is -0.311. The lowest BCUT2D eigenvalue weighted by Gasteiger charge is -2.03. The van der Waals surface area contributed by atoms with E-state index >= 15 is 0 Å². The highest BCUT2D eigenvalue weighted by Crippen LogP contribution is 2.04. The average Bonchev–Trinajstić information content (AvgIpc) is 2.28. The van der Waals surface area contributed by atoms with Crippen molar-refractivity contribution in [1.29, 1.82) is 0 Å². The van der Waals surface area contributed by atoms with Gasteiger partial charge in [-0.05, 0) is 18.1 Å². The van der Waals surface area contributed by atoms with Gasteiger partial charge in [0.05, 0.1) is 6.61 Å². The molecule has 0 aliphatic rings. The van der Waals surface area contributed by atoms with Crippen LogP contribution in [0.2, 0.25) is 0 Å². The Labute approximate surface area is 94.6 Å². The van der Waals surface area contributed by atoms with E-state index in [4.69, 9.17) is 15.2 Å². The molecule has 1 aromatic rings. The van der Waals surface area contributed by atoms with Gasteiger partial charge in [-0.3, -0.25) is 9.78 Å². The second-order valence-corrected chi connectivity index (χ2v) is 3.38. The lowest BCUT2D eigenvalue weighted by atomic mass is 10.2. The van der Waals surface area contributed by atoms with E-state index in [1.165, 1.54) is 0 Å². The summed E-state index contributed by atoms with van der Waals surface area (Å²) < 4.78 is 9.93. The minimum Gasteiger partial charge on any atom is -0.370 e. The normalized spacial score (nSPS) is 10.3. The van der Waals surface area contributed by atoms with Crippen molar-refractivity contribution in [2.75, 3.05) is 13.9 Å². The number of hydrogen-bond acceptors (Lipinski definition) is 4. The quantitative estimate of drug-likeness (QED) is 0.544. The van der Waals surface area contributed by atoms with Gasteiger partial charge in [0.25, 0.3) is 0 Å². The molecule has 88 valence electrons. The molecule has 0 aliphatic carbocycles. The molecule has 5 nitrogen and oxygen atoms in total. The monoisotopic (exact) mass is 224 g/mol. The van der Waals surface area contributed by atoms with Crippen molar-refractivity contribution in [3.63, 3.8) is 0 Å². The largest absolute Gasteiger partial charge is 0.370 e.